The first kappa shape index (κ1) is 22.3. The number of carboxylic acid groups (broad SMARTS) is 1. The minimum atomic E-state index is -1.12. The van der Waals surface area contributed by atoms with Crippen LogP contribution in [0.1, 0.15) is 86.1 Å². The number of allylic oxidation sites excluding steroid dienone is 1. The molecule has 32 heavy (non-hydrogen) atoms. The van der Waals surface area contributed by atoms with E-state index in [1.54, 1.807) is 0 Å². The average molecular weight is 427 g/mol. The first-order valence-electron chi connectivity index (χ1n) is 11.6. The molecule has 166 valence electrons. The maximum absolute atomic E-state index is 12.3. The lowest BCUT2D eigenvalue weighted by Gasteiger charge is -2.39. The molecule has 0 unspecified atom stereocenters. The normalized spacial score (nSPS) is 17.7. The molecule has 0 bridgehead atoms. The van der Waals surface area contributed by atoms with Crippen molar-refractivity contribution >= 4 is 28.5 Å². The number of para-hydroxylation sites is 1. The molecule has 2 aromatic carbocycles. The molecule has 4 rings (SSSR count). The monoisotopic (exact) mass is 426 g/mol. The van der Waals surface area contributed by atoms with Crippen molar-refractivity contribution in [2.45, 2.75) is 59.8 Å². The smallest absolute Gasteiger partial charge is 0.0725 e. The average Bonchev–Trinajstić information content (AvgIpc) is 2.77. The minimum absolute atomic E-state index is 0.0904. The van der Waals surface area contributed by atoms with Gasteiger partial charge in [-0.3, -0.25) is 0 Å². The predicted octanol–water partition coefficient (Wildman–Crippen LogP) is 6.26. The zero-order chi connectivity index (χ0) is 23.0. The summed E-state index contributed by atoms with van der Waals surface area (Å²) in [5, 5.41) is 13.0. The Hall–Kier alpha value is -2.94. The summed E-state index contributed by atoms with van der Waals surface area (Å²) >= 11 is 0. The molecular formula is C29H32NO2-. The SMILES string of the molecule is CCC(C)(C)[C@@H]1C/C(=C\c2ccc(C(C)C)cc2)c2nc3ccccc3c(C(=O)[O-])c2C1. The van der Waals surface area contributed by atoms with Crippen molar-refractivity contribution in [3.8, 4) is 0 Å². The lowest BCUT2D eigenvalue weighted by atomic mass is 9.67. The van der Waals surface area contributed by atoms with E-state index in [2.05, 4.69) is 65.0 Å². The predicted molar refractivity (Wildman–Crippen MR) is 130 cm³/mol. The quantitative estimate of drug-likeness (QED) is 0.484. The second-order valence-electron chi connectivity index (χ2n) is 10.1. The Morgan fingerprint density at radius 3 is 2.44 bits per heavy atom. The Bertz CT molecular complexity index is 1190. The number of rotatable bonds is 5. The van der Waals surface area contributed by atoms with Gasteiger partial charge in [-0.1, -0.05) is 83.5 Å². The van der Waals surface area contributed by atoms with Crippen molar-refractivity contribution in [2.24, 2.45) is 11.3 Å². The van der Waals surface area contributed by atoms with Crippen LogP contribution < -0.4 is 5.11 Å². The van der Waals surface area contributed by atoms with Gasteiger partial charge in [0.1, 0.15) is 0 Å². The number of benzene rings is 2. The molecule has 0 saturated carbocycles. The molecule has 0 N–H and O–H groups in total. The third kappa shape index (κ3) is 4.09. The molecule has 1 aliphatic carbocycles. The topological polar surface area (TPSA) is 53.0 Å². The molecule has 3 heteroatoms. The maximum Gasteiger partial charge on any atom is 0.0725 e. The summed E-state index contributed by atoms with van der Waals surface area (Å²) in [7, 11) is 0. The zero-order valence-electron chi connectivity index (χ0n) is 19.7. The van der Waals surface area contributed by atoms with Gasteiger partial charge < -0.3 is 9.90 Å². The summed E-state index contributed by atoms with van der Waals surface area (Å²) in [6.07, 6.45) is 4.82. The van der Waals surface area contributed by atoms with E-state index in [1.165, 1.54) is 5.56 Å². The van der Waals surface area contributed by atoms with Crippen LogP contribution in [0, 0.1) is 11.3 Å². The second-order valence-corrected chi connectivity index (χ2v) is 10.1. The van der Waals surface area contributed by atoms with Gasteiger partial charge in [-0.2, -0.15) is 0 Å². The number of carbonyl (C=O) groups excluding carboxylic acids is 1. The second kappa shape index (κ2) is 8.54. The largest absolute Gasteiger partial charge is 0.545 e. The Kier molecular flexibility index (Phi) is 5.94. The highest BCUT2D eigenvalue weighted by atomic mass is 16.4. The molecule has 0 amide bonds. The van der Waals surface area contributed by atoms with E-state index in [0.717, 1.165) is 35.2 Å². The molecule has 1 atom stereocenters. The molecule has 1 heterocycles. The van der Waals surface area contributed by atoms with Gasteiger partial charge in [-0.25, -0.2) is 4.98 Å². The van der Waals surface area contributed by atoms with E-state index >= 15 is 0 Å². The number of carboxylic acids is 1. The summed E-state index contributed by atoms with van der Waals surface area (Å²) in [6, 6.07) is 16.2. The van der Waals surface area contributed by atoms with Crippen LogP contribution in [-0.2, 0) is 6.42 Å². The van der Waals surface area contributed by atoms with Crippen LogP contribution in [0.4, 0.5) is 0 Å². The molecule has 3 nitrogen and oxygen atoms in total. The Balaban J connectivity index is 1.93. The number of hydrogen-bond acceptors (Lipinski definition) is 3. The Labute approximate surface area is 191 Å². The van der Waals surface area contributed by atoms with Crippen LogP contribution in [0.3, 0.4) is 0 Å². The van der Waals surface area contributed by atoms with E-state index in [9.17, 15) is 9.90 Å². The van der Waals surface area contributed by atoms with Gasteiger partial charge in [0.2, 0.25) is 0 Å². The Morgan fingerprint density at radius 2 is 1.81 bits per heavy atom. The van der Waals surface area contributed by atoms with Crippen LogP contribution in [0.2, 0.25) is 0 Å². The highest BCUT2D eigenvalue weighted by Crippen LogP contribution is 2.46. The van der Waals surface area contributed by atoms with Gasteiger partial charge in [0.25, 0.3) is 0 Å². The first-order chi connectivity index (χ1) is 15.2. The van der Waals surface area contributed by atoms with Crippen LogP contribution >= 0.6 is 0 Å². The summed E-state index contributed by atoms with van der Waals surface area (Å²) < 4.78 is 0. The summed E-state index contributed by atoms with van der Waals surface area (Å²) in [4.78, 5) is 17.3. The van der Waals surface area contributed by atoms with Crippen molar-refractivity contribution in [3.63, 3.8) is 0 Å². The number of nitrogens with zero attached hydrogens (tertiary/aromatic N) is 1. The molecule has 0 aliphatic heterocycles. The molecule has 0 saturated heterocycles. The molecule has 0 radical (unpaired) electrons. The number of fused-ring (bicyclic) bond motifs is 2. The standard InChI is InChI=1S/C29H33NO2/c1-6-29(4,5)22-16-21(15-19-11-13-20(14-12-19)18(2)3)27-24(17-22)26(28(31)32)23-9-7-8-10-25(23)30-27/h7-15,18,22H,6,16-17H2,1-5H3,(H,31,32)/p-1/b21-15+/t22-/m1/s1. The number of aromatic carboxylic acids is 1. The fourth-order valence-electron chi connectivity index (χ4n) is 4.78. The lowest BCUT2D eigenvalue weighted by molar-refractivity contribution is -0.254. The van der Waals surface area contributed by atoms with Crippen molar-refractivity contribution in [3.05, 3.63) is 76.5 Å². The van der Waals surface area contributed by atoms with Gasteiger partial charge >= 0.3 is 0 Å². The fourth-order valence-corrected chi connectivity index (χ4v) is 4.78. The molecule has 0 spiro atoms. The summed E-state index contributed by atoms with van der Waals surface area (Å²) in [5.74, 6) is -0.293. The van der Waals surface area contributed by atoms with Gasteiger partial charge in [0, 0.05) is 10.9 Å². The van der Waals surface area contributed by atoms with Crippen molar-refractivity contribution in [1.82, 2.24) is 4.98 Å². The van der Waals surface area contributed by atoms with Crippen molar-refractivity contribution < 1.29 is 9.90 Å². The van der Waals surface area contributed by atoms with E-state index in [1.807, 2.05) is 24.3 Å². The van der Waals surface area contributed by atoms with Gasteiger partial charge in [-0.05, 0) is 64.5 Å². The van der Waals surface area contributed by atoms with Crippen LogP contribution in [0.5, 0.6) is 0 Å². The van der Waals surface area contributed by atoms with E-state index in [0.29, 0.717) is 34.7 Å². The maximum atomic E-state index is 12.3. The van der Waals surface area contributed by atoms with E-state index in [4.69, 9.17) is 4.98 Å². The highest BCUT2D eigenvalue weighted by molar-refractivity contribution is 6.05. The highest BCUT2D eigenvalue weighted by Gasteiger charge is 2.35. The molecular weight excluding hydrogens is 394 g/mol. The summed E-state index contributed by atoms with van der Waals surface area (Å²) in [6.45, 7) is 11.2. The number of pyridine rings is 1. The molecule has 3 aromatic rings. The number of hydrogen-bond donors (Lipinski definition) is 0. The first-order valence-corrected chi connectivity index (χ1v) is 11.6. The molecule has 0 fully saturated rings. The van der Waals surface area contributed by atoms with E-state index < -0.39 is 5.97 Å². The van der Waals surface area contributed by atoms with Gasteiger partial charge in [0.05, 0.1) is 17.2 Å². The van der Waals surface area contributed by atoms with Gasteiger partial charge in [-0.15, -0.1) is 0 Å². The molecule has 1 aromatic heterocycles. The minimum Gasteiger partial charge on any atom is -0.545 e. The third-order valence-electron chi connectivity index (χ3n) is 7.38. The van der Waals surface area contributed by atoms with Crippen molar-refractivity contribution in [2.75, 3.05) is 0 Å². The zero-order valence-corrected chi connectivity index (χ0v) is 19.7. The van der Waals surface area contributed by atoms with Gasteiger partial charge in [0.15, 0.2) is 0 Å². The number of carbonyl (C=O) groups is 1. The lowest BCUT2D eigenvalue weighted by Crippen LogP contribution is -2.32. The fraction of sp³-hybridized carbons (Fsp3) is 0.379. The van der Waals surface area contributed by atoms with Crippen LogP contribution in [-0.4, -0.2) is 11.0 Å². The Morgan fingerprint density at radius 1 is 1.12 bits per heavy atom. The van der Waals surface area contributed by atoms with Crippen molar-refractivity contribution in [1.29, 1.82) is 0 Å². The molecule has 1 aliphatic rings. The van der Waals surface area contributed by atoms with Crippen LogP contribution in [0.25, 0.3) is 22.6 Å². The summed E-state index contributed by atoms with van der Waals surface area (Å²) in [5.41, 5.74) is 6.30. The van der Waals surface area contributed by atoms with E-state index in [-0.39, 0.29) is 5.41 Å². The number of aromatic nitrogens is 1. The van der Waals surface area contributed by atoms with Crippen LogP contribution in [0.15, 0.2) is 48.5 Å². The third-order valence-corrected chi connectivity index (χ3v) is 7.38.